The standard InChI is InChI=1S/C29H34Cl4N4O3S/c1-4-7-8-13-36-26-18-22(32)20(30)16-24(26)34(5-2)28(36)11-9-12-29-35(6-3)25-17-21(31)23(33)19-27(25)37(29)14-10-15-41(38,39)40/h9,11-12,16-19H,4-8,10,13-15H2,1-3H3. The van der Waals surface area contributed by atoms with Gasteiger partial charge < -0.3 is 14.4 Å². The number of fused-ring (bicyclic) bond motifs is 2. The van der Waals surface area contributed by atoms with E-state index in [4.69, 9.17) is 46.4 Å². The summed E-state index contributed by atoms with van der Waals surface area (Å²) in [4.78, 5) is 4.50. The predicted octanol–water partition coefficient (Wildman–Crippen LogP) is 7.89. The molecule has 0 unspecified atom stereocenters. The lowest BCUT2D eigenvalue weighted by molar-refractivity contribution is -0.673. The van der Waals surface area contributed by atoms with Crippen LogP contribution in [-0.2, 0) is 23.2 Å². The first-order valence-electron chi connectivity index (χ1n) is 13.8. The van der Waals surface area contributed by atoms with E-state index in [1.54, 1.807) is 6.07 Å². The Morgan fingerprint density at radius 1 is 0.854 bits per heavy atom. The van der Waals surface area contributed by atoms with E-state index in [-0.39, 0.29) is 6.42 Å². The largest absolute Gasteiger partial charge is 0.748 e. The minimum atomic E-state index is -4.33. The number of aromatic nitrogens is 2. The summed E-state index contributed by atoms with van der Waals surface area (Å²) in [5.74, 6) is 1.40. The first kappa shape index (κ1) is 32.0. The van der Waals surface area contributed by atoms with Crippen molar-refractivity contribution in [1.82, 2.24) is 4.57 Å². The maximum absolute atomic E-state index is 11.3. The molecule has 0 aliphatic carbocycles. The van der Waals surface area contributed by atoms with E-state index >= 15 is 0 Å². The number of unbranched alkanes of at least 4 members (excludes halogenated alkanes) is 2. The van der Waals surface area contributed by atoms with E-state index in [1.807, 2.05) is 41.8 Å². The molecule has 0 saturated heterocycles. The van der Waals surface area contributed by atoms with Crippen molar-refractivity contribution < 1.29 is 17.5 Å². The normalized spacial score (nSPS) is 14.8. The highest BCUT2D eigenvalue weighted by molar-refractivity contribution is 7.85. The van der Waals surface area contributed by atoms with Crippen molar-refractivity contribution in [3.63, 3.8) is 0 Å². The summed E-state index contributed by atoms with van der Waals surface area (Å²) in [6.07, 6.45) is 9.48. The highest BCUT2D eigenvalue weighted by Crippen LogP contribution is 2.45. The summed E-state index contributed by atoms with van der Waals surface area (Å²) in [6.45, 7) is 8.85. The first-order chi connectivity index (χ1) is 19.5. The first-order valence-corrected chi connectivity index (χ1v) is 16.9. The minimum absolute atomic E-state index is 0.174. The monoisotopic (exact) mass is 658 g/mol. The van der Waals surface area contributed by atoms with Crippen LogP contribution in [0.5, 0.6) is 0 Å². The van der Waals surface area contributed by atoms with Gasteiger partial charge in [0, 0.05) is 37.1 Å². The molecule has 2 heterocycles. The van der Waals surface area contributed by atoms with Gasteiger partial charge in [-0.25, -0.2) is 17.6 Å². The van der Waals surface area contributed by atoms with Crippen LogP contribution in [0.1, 0.15) is 52.3 Å². The third-order valence-corrected chi connectivity index (χ3v) is 9.42. The zero-order chi connectivity index (χ0) is 29.9. The molecule has 1 aromatic heterocycles. The molecular weight excluding hydrogens is 626 g/mol. The Kier molecular flexibility index (Phi) is 10.6. The number of hydrogen-bond donors (Lipinski definition) is 0. The Morgan fingerprint density at radius 2 is 1.49 bits per heavy atom. The van der Waals surface area contributed by atoms with Gasteiger partial charge in [-0.3, -0.25) is 0 Å². The van der Waals surface area contributed by atoms with Crippen LogP contribution in [0.4, 0.5) is 11.4 Å². The van der Waals surface area contributed by atoms with Crippen molar-refractivity contribution in [2.75, 3.05) is 28.6 Å². The molecule has 2 aromatic carbocycles. The lowest BCUT2D eigenvalue weighted by Gasteiger charge is -2.24. The molecule has 0 bridgehead atoms. The van der Waals surface area contributed by atoms with Gasteiger partial charge in [0.25, 0.3) is 5.82 Å². The highest BCUT2D eigenvalue weighted by Gasteiger charge is 2.31. The molecule has 1 aliphatic heterocycles. The lowest BCUT2D eigenvalue weighted by atomic mass is 10.2. The van der Waals surface area contributed by atoms with Gasteiger partial charge in [0.15, 0.2) is 11.0 Å². The van der Waals surface area contributed by atoms with E-state index in [9.17, 15) is 13.0 Å². The zero-order valence-corrected chi connectivity index (χ0v) is 27.2. The van der Waals surface area contributed by atoms with Gasteiger partial charge >= 0.3 is 0 Å². The smallest absolute Gasteiger partial charge is 0.282 e. The second kappa shape index (κ2) is 13.6. The van der Waals surface area contributed by atoms with Crippen LogP contribution in [0.3, 0.4) is 0 Å². The number of nitrogens with zero attached hydrogens (tertiary/aromatic N) is 4. The highest BCUT2D eigenvalue weighted by atomic mass is 35.5. The summed E-state index contributed by atoms with van der Waals surface area (Å²) < 4.78 is 38.0. The van der Waals surface area contributed by atoms with Crippen molar-refractivity contribution in [3.8, 4) is 0 Å². The van der Waals surface area contributed by atoms with Crippen LogP contribution in [0, 0.1) is 0 Å². The Labute approximate surface area is 262 Å². The van der Waals surface area contributed by atoms with Gasteiger partial charge in [-0.2, -0.15) is 0 Å². The maximum atomic E-state index is 11.3. The Balaban J connectivity index is 1.80. The SMILES string of the molecule is CCCCCN1/C(=C/C=C/c2n(CC)c3cc(Cl)c(Cl)cc3[n+]2CCCS(=O)(=O)[O-])N(CC)c2cc(Cl)c(Cl)cc21. The molecule has 41 heavy (non-hydrogen) atoms. The Hall–Kier alpha value is -1.94. The second-order valence-electron chi connectivity index (χ2n) is 9.87. The fraction of sp³-hybridized carbons (Fsp3) is 0.414. The van der Waals surface area contributed by atoms with E-state index < -0.39 is 15.9 Å². The molecule has 222 valence electrons. The molecule has 0 radical (unpaired) electrons. The average molecular weight is 660 g/mol. The molecule has 1 aliphatic rings. The third-order valence-electron chi connectivity index (χ3n) is 7.19. The summed E-state index contributed by atoms with van der Waals surface area (Å²) in [5, 5.41) is 1.86. The van der Waals surface area contributed by atoms with Crippen LogP contribution in [0.2, 0.25) is 20.1 Å². The van der Waals surface area contributed by atoms with E-state index in [0.29, 0.717) is 33.2 Å². The fourth-order valence-electron chi connectivity index (χ4n) is 5.34. The maximum Gasteiger partial charge on any atom is 0.282 e. The quantitative estimate of drug-likeness (QED) is 0.112. The number of anilines is 2. The molecule has 0 amide bonds. The number of allylic oxidation sites excluding steroid dienone is 2. The fourth-order valence-corrected chi connectivity index (χ4v) is 6.45. The summed E-state index contributed by atoms with van der Waals surface area (Å²) in [7, 11) is -4.33. The molecule has 0 spiro atoms. The van der Waals surface area contributed by atoms with Gasteiger partial charge in [-0.05, 0) is 44.9 Å². The summed E-state index contributed by atoms with van der Waals surface area (Å²) >= 11 is 25.6. The summed E-state index contributed by atoms with van der Waals surface area (Å²) in [6, 6.07) is 7.44. The number of imidazole rings is 1. The molecular formula is C29H34Cl4N4O3S. The van der Waals surface area contributed by atoms with E-state index in [0.717, 1.165) is 66.4 Å². The minimum Gasteiger partial charge on any atom is -0.748 e. The van der Waals surface area contributed by atoms with Gasteiger partial charge in [0.2, 0.25) is 0 Å². The molecule has 0 saturated carbocycles. The van der Waals surface area contributed by atoms with Crippen molar-refractivity contribution in [1.29, 1.82) is 0 Å². The molecule has 4 rings (SSSR count). The van der Waals surface area contributed by atoms with Crippen LogP contribution in [0.15, 0.2) is 42.2 Å². The molecule has 0 N–H and O–H groups in total. The predicted molar refractivity (Wildman–Crippen MR) is 170 cm³/mol. The van der Waals surface area contributed by atoms with Crippen molar-refractivity contribution in [2.24, 2.45) is 0 Å². The Morgan fingerprint density at radius 3 is 2.10 bits per heavy atom. The van der Waals surface area contributed by atoms with Gasteiger partial charge in [-0.15, -0.1) is 0 Å². The molecule has 0 atom stereocenters. The zero-order valence-electron chi connectivity index (χ0n) is 23.3. The van der Waals surface area contributed by atoms with Gasteiger partial charge in [0.05, 0.1) is 54.7 Å². The Bertz CT molecular complexity index is 1600. The van der Waals surface area contributed by atoms with Crippen LogP contribution in [0.25, 0.3) is 17.1 Å². The molecule has 3 aromatic rings. The summed E-state index contributed by atoms with van der Waals surface area (Å²) in [5.41, 5.74) is 3.72. The topological polar surface area (TPSA) is 72.5 Å². The number of benzene rings is 2. The second-order valence-corrected chi connectivity index (χ2v) is 13.0. The van der Waals surface area contributed by atoms with Crippen LogP contribution < -0.4 is 14.4 Å². The lowest BCUT2D eigenvalue weighted by Crippen LogP contribution is -2.37. The van der Waals surface area contributed by atoms with Crippen molar-refractivity contribution in [2.45, 2.75) is 59.5 Å². The van der Waals surface area contributed by atoms with Crippen LogP contribution in [-0.4, -0.2) is 36.4 Å². The molecule has 7 nitrogen and oxygen atoms in total. The number of hydrogen-bond acceptors (Lipinski definition) is 5. The number of halogens is 4. The molecule has 0 fully saturated rings. The van der Waals surface area contributed by atoms with Gasteiger partial charge in [0.1, 0.15) is 5.82 Å². The van der Waals surface area contributed by atoms with Gasteiger partial charge in [-0.1, -0.05) is 72.2 Å². The van der Waals surface area contributed by atoms with Crippen molar-refractivity contribution in [3.05, 3.63) is 68.2 Å². The van der Waals surface area contributed by atoms with Crippen LogP contribution >= 0.6 is 46.4 Å². The van der Waals surface area contributed by atoms with E-state index in [2.05, 4.69) is 34.3 Å². The third kappa shape index (κ3) is 7.00. The van der Waals surface area contributed by atoms with Crippen molar-refractivity contribution >= 4 is 85.0 Å². The average Bonchev–Trinajstić information content (AvgIpc) is 3.34. The number of rotatable bonds is 12. The van der Waals surface area contributed by atoms with E-state index in [1.165, 1.54) is 0 Å². The molecule has 12 heteroatoms. The number of aryl methyl sites for hydroxylation is 2.